The van der Waals surface area contributed by atoms with Gasteiger partial charge < -0.3 is 14.5 Å². The summed E-state index contributed by atoms with van der Waals surface area (Å²) in [5.41, 5.74) is 2.59. The summed E-state index contributed by atoms with van der Waals surface area (Å²) in [4.78, 5) is 21.2. The van der Waals surface area contributed by atoms with Crippen LogP contribution >= 0.6 is 0 Å². The molecule has 31 heavy (non-hydrogen) atoms. The molecule has 1 saturated heterocycles. The van der Waals surface area contributed by atoms with E-state index in [0.717, 1.165) is 18.4 Å². The zero-order chi connectivity index (χ0) is 21.4. The van der Waals surface area contributed by atoms with Crippen LogP contribution in [0.3, 0.4) is 0 Å². The number of amides is 1. The molecular formula is C22H20N6O3. The lowest BCUT2D eigenvalue weighted by molar-refractivity contribution is 0.0709. The summed E-state index contributed by atoms with van der Waals surface area (Å²) in [5, 5.41) is 22.5. The molecule has 0 aliphatic carbocycles. The van der Waals surface area contributed by atoms with Crippen LogP contribution < -0.4 is 0 Å². The fourth-order valence-electron chi connectivity index (χ4n) is 3.90. The summed E-state index contributed by atoms with van der Waals surface area (Å²) in [6, 6.07) is 12.1. The van der Waals surface area contributed by atoms with Crippen molar-refractivity contribution in [1.29, 1.82) is 0 Å². The quantitative estimate of drug-likeness (QED) is 0.543. The lowest BCUT2D eigenvalue weighted by atomic mass is 10.1. The number of aromatic nitrogens is 5. The van der Waals surface area contributed by atoms with Crippen molar-refractivity contribution < 1.29 is 14.4 Å². The molecular weight excluding hydrogens is 396 g/mol. The smallest absolute Gasteiger partial charge is 0.256 e. The number of phenolic OH excluding ortho intramolecular Hbond substituents is 1. The van der Waals surface area contributed by atoms with Crippen molar-refractivity contribution in [1.82, 2.24) is 30.0 Å². The molecule has 0 spiro atoms. The Balaban J connectivity index is 1.48. The van der Waals surface area contributed by atoms with E-state index in [1.807, 2.05) is 25.1 Å². The molecule has 1 fully saturated rings. The van der Waals surface area contributed by atoms with Gasteiger partial charge in [-0.1, -0.05) is 28.9 Å². The molecule has 0 saturated carbocycles. The predicted octanol–water partition coefficient (Wildman–Crippen LogP) is 3.31. The molecule has 1 aliphatic rings. The number of carbonyl (C=O) groups is 1. The van der Waals surface area contributed by atoms with Crippen LogP contribution in [0.1, 0.15) is 40.7 Å². The van der Waals surface area contributed by atoms with E-state index in [0.29, 0.717) is 35.1 Å². The van der Waals surface area contributed by atoms with Crippen molar-refractivity contribution in [2.75, 3.05) is 6.54 Å². The van der Waals surface area contributed by atoms with Crippen molar-refractivity contribution in [2.45, 2.75) is 25.8 Å². The SMILES string of the molecule is Cc1ccc(-n2nccn2)c(C(=O)N2CCCC2c2nc(-c3ccccc3O)no2)c1. The predicted molar refractivity (Wildman–Crippen MR) is 111 cm³/mol. The first kappa shape index (κ1) is 19.0. The first-order valence-corrected chi connectivity index (χ1v) is 10.0. The molecule has 0 radical (unpaired) electrons. The minimum Gasteiger partial charge on any atom is -0.507 e. The molecule has 4 aromatic rings. The number of phenols is 1. The average Bonchev–Trinajstić information content (AvgIpc) is 3.54. The van der Waals surface area contributed by atoms with E-state index in [4.69, 9.17) is 4.52 Å². The van der Waals surface area contributed by atoms with Gasteiger partial charge in [-0.3, -0.25) is 4.79 Å². The molecule has 2 aromatic carbocycles. The third kappa shape index (κ3) is 3.43. The Labute approximate surface area is 177 Å². The fourth-order valence-corrected chi connectivity index (χ4v) is 3.90. The van der Waals surface area contributed by atoms with Gasteiger partial charge in [0.15, 0.2) is 0 Å². The summed E-state index contributed by atoms with van der Waals surface area (Å²) >= 11 is 0. The van der Waals surface area contributed by atoms with E-state index in [1.165, 1.54) is 4.80 Å². The zero-order valence-corrected chi connectivity index (χ0v) is 16.8. The van der Waals surface area contributed by atoms with Gasteiger partial charge in [-0.25, -0.2) is 0 Å². The maximum absolute atomic E-state index is 13.6. The van der Waals surface area contributed by atoms with E-state index < -0.39 is 0 Å². The second-order valence-electron chi connectivity index (χ2n) is 7.47. The van der Waals surface area contributed by atoms with Crippen LogP contribution in [0.25, 0.3) is 17.1 Å². The summed E-state index contributed by atoms with van der Waals surface area (Å²) < 4.78 is 5.50. The molecule has 5 rings (SSSR count). The summed E-state index contributed by atoms with van der Waals surface area (Å²) in [6.07, 6.45) is 4.69. The number of likely N-dealkylation sites (tertiary alicyclic amines) is 1. The second-order valence-corrected chi connectivity index (χ2v) is 7.47. The molecule has 1 N–H and O–H groups in total. The molecule has 9 nitrogen and oxygen atoms in total. The van der Waals surface area contributed by atoms with Crippen LogP contribution in [-0.4, -0.2) is 47.6 Å². The van der Waals surface area contributed by atoms with Crippen LogP contribution in [0.2, 0.25) is 0 Å². The minimum atomic E-state index is -0.335. The van der Waals surface area contributed by atoms with Crippen LogP contribution in [0, 0.1) is 6.92 Å². The number of nitrogens with zero attached hydrogens (tertiary/aromatic N) is 6. The van der Waals surface area contributed by atoms with Gasteiger partial charge in [-0.05, 0) is 44.0 Å². The summed E-state index contributed by atoms with van der Waals surface area (Å²) in [6.45, 7) is 2.52. The number of benzene rings is 2. The average molecular weight is 416 g/mol. The zero-order valence-electron chi connectivity index (χ0n) is 16.8. The maximum atomic E-state index is 13.6. The third-order valence-corrected chi connectivity index (χ3v) is 5.40. The highest BCUT2D eigenvalue weighted by molar-refractivity contribution is 5.98. The van der Waals surface area contributed by atoms with Gasteiger partial charge in [-0.2, -0.15) is 20.0 Å². The van der Waals surface area contributed by atoms with Crippen molar-refractivity contribution in [3.63, 3.8) is 0 Å². The molecule has 1 aliphatic heterocycles. The van der Waals surface area contributed by atoms with Crippen molar-refractivity contribution in [2.24, 2.45) is 0 Å². The number of carbonyl (C=O) groups excluding carboxylic acids is 1. The van der Waals surface area contributed by atoms with Gasteiger partial charge in [-0.15, -0.1) is 0 Å². The van der Waals surface area contributed by atoms with E-state index in [-0.39, 0.29) is 17.7 Å². The Morgan fingerprint density at radius 2 is 1.97 bits per heavy atom. The largest absolute Gasteiger partial charge is 0.507 e. The topological polar surface area (TPSA) is 110 Å². The van der Waals surface area contributed by atoms with Crippen LogP contribution in [0.5, 0.6) is 5.75 Å². The molecule has 2 aromatic heterocycles. The van der Waals surface area contributed by atoms with Gasteiger partial charge >= 0.3 is 0 Å². The Morgan fingerprint density at radius 1 is 1.16 bits per heavy atom. The van der Waals surface area contributed by atoms with Crippen LogP contribution in [0.4, 0.5) is 0 Å². The molecule has 1 unspecified atom stereocenters. The van der Waals surface area contributed by atoms with Crippen LogP contribution in [0.15, 0.2) is 59.4 Å². The number of aryl methyl sites for hydroxylation is 1. The summed E-state index contributed by atoms with van der Waals surface area (Å²) in [5.74, 6) is 0.589. The Morgan fingerprint density at radius 3 is 2.77 bits per heavy atom. The number of aromatic hydroxyl groups is 1. The van der Waals surface area contributed by atoms with Crippen molar-refractivity contribution in [3.8, 4) is 22.8 Å². The monoisotopic (exact) mass is 416 g/mol. The molecule has 9 heteroatoms. The highest BCUT2D eigenvalue weighted by Gasteiger charge is 2.36. The summed E-state index contributed by atoms with van der Waals surface area (Å²) in [7, 11) is 0. The van der Waals surface area contributed by atoms with Gasteiger partial charge in [0.25, 0.3) is 5.91 Å². The first-order valence-electron chi connectivity index (χ1n) is 10.0. The standard InChI is InChI=1S/C22H20N6O3/c1-14-8-9-17(28-23-10-11-24-28)16(13-14)22(30)27-12-4-6-18(27)21-25-20(26-31-21)15-5-2-3-7-19(15)29/h2-3,5,7-11,13,18,29H,4,6,12H2,1H3. The number of rotatable bonds is 4. The van der Waals surface area contributed by atoms with Gasteiger partial charge in [0, 0.05) is 6.54 Å². The molecule has 156 valence electrons. The fraction of sp³-hybridized carbons (Fsp3) is 0.227. The maximum Gasteiger partial charge on any atom is 0.256 e. The van der Waals surface area contributed by atoms with E-state index in [9.17, 15) is 9.90 Å². The first-order chi connectivity index (χ1) is 15.1. The second kappa shape index (κ2) is 7.67. The lowest BCUT2D eigenvalue weighted by Crippen LogP contribution is -2.31. The van der Waals surface area contributed by atoms with Gasteiger partial charge in [0.05, 0.1) is 29.2 Å². The van der Waals surface area contributed by atoms with Crippen LogP contribution in [-0.2, 0) is 0 Å². The highest BCUT2D eigenvalue weighted by Crippen LogP contribution is 2.35. The number of hydrogen-bond donors (Lipinski definition) is 1. The van der Waals surface area contributed by atoms with E-state index in [1.54, 1.807) is 41.6 Å². The van der Waals surface area contributed by atoms with E-state index in [2.05, 4.69) is 20.3 Å². The number of hydrogen-bond acceptors (Lipinski definition) is 7. The highest BCUT2D eigenvalue weighted by atomic mass is 16.5. The number of para-hydroxylation sites is 1. The molecule has 1 amide bonds. The van der Waals surface area contributed by atoms with E-state index >= 15 is 0 Å². The molecule has 3 heterocycles. The third-order valence-electron chi connectivity index (χ3n) is 5.40. The van der Waals surface area contributed by atoms with Gasteiger partial charge in [0.2, 0.25) is 11.7 Å². The van der Waals surface area contributed by atoms with Gasteiger partial charge in [0.1, 0.15) is 11.8 Å². The lowest BCUT2D eigenvalue weighted by Gasteiger charge is -2.23. The Bertz CT molecular complexity index is 1230. The molecule has 1 atom stereocenters. The van der Waals surface area contributed by atoms with Crippen molar-refractivity contribution >= 4 is 5.91 Å². The minimum absolute atomic E-state index is 0.0744. The normalized spacial score (nSPS) is 16.0. The Hall–Kier alpha value is -4.01. The van der Waals surface area contributed by atoms with Crippen molar-refractivity contribution in [3.05, 3.63) is 71.9 Å². The molecule has 0 bridgehead atoms. The Kier molecular flexibility index (Phi) is 4.70.